The van der Waals surface area contributed by atoms with Crippen molar-refractivity contribution < 1.29 is 26.6 Å². The Labute approximate surface area is 277 Å². The van der Waals surface area contributed by atoms with Gasteiger partial charge in [-0.25, -0.2) is 0 Å². The predicted octanol–water partition coefficient (Wildman–Crippen LogP) is 2.03. The highest BCUT2D eigenvalue weighted by Crippen LogP contribution is 2.16. The molecule has 0 aromatic rings. The first-order valence-corrected chi connectivity index (χ1v) is 20.1. The molecule has 1 N–H and O–H groups in total. The lowest BCUT2D eigenvalue weighted by Gasteiger charge is -2.26. The zero-order chi connectivity index (χ0) is 33.7. The molecule has 0 rings (SSSR count). The fourth-order valence-electron chi connectivity index (χ4n) is 3.68. The van der Waals surface area contributed by atoms with Crippen molar-refractivity contribution in [2.75, 3.05) is 163 Å². The third-order valence-electron chi connectivity index (χ3n) is 6.97. The minimum atomic E-state index is -2.40. The second kappa shape index (κ2) is 31.1. The number of hydrogen-bond donors (Lipinski definition) is 1. The molecule has 15 heteroatoms. The van der Waals surface area contributed by atoms with E-state index < -0.39 is 17.6 Å². The Morgan fingerprint density at radius 2 is 0.814 bits per heavy atom. The van der Waals surface area contributed by atoms with Gasteiger partial charge in [0.2, 0.25) is 0 Å². The van der Waals surface area contributed by atoms with Crippen molar-refractivity contribution in [3.05, 3.63) is 0 Å². The highest BCUT2D eigenvalue weighted by Gasteiger charge is 2.37. The average molecular weight is 724 g/mol. The number of hydrogen-bond acceptors (Lipinski definition) is 12. The Hall–Kier alpha value is 0.434. The van der Waals surface area contributed by atoms with Crippen molar-refractivity contribution in [3.8, 4) is 0 Å². The third-order valence-corrected chi connectivity index (χ3v) is 13.2. The summed E-state index contributed by atoms with van der Waals surface area (Å²) >= 11 is 3.35. The summed E-state index contributed by atoms with van der Waals surface area (Å²) in [5, 5.41) is 4.09. The maximum absolute atomic E-state index is 5.43. The molecule has 0 amide bonds. The lowest BCUT2D eigenvalue weighted by molar-refractivity contribution is 0.121. The third kappa shape index (κ3) is 28.4. The average Bonchev–Trinajstić information content (AvgIpc) is 3.01. The molecule has 0 atom stereocenters. The minimum absolute atomic E-state index is 0.858. The van der Waals surface area contributed by atoms with Gasteiger partial charge in [-0.1, -0.05) is 15.9 Å². The van der Waals surface area contributed by atoms with E-state index in [1.165, 1.54) is 0 Å². The molecule has 0 fully saturated rings. The van der Waals surface area contributed by atoms with Crippen LogP contribution >= 0.6 is 15.9 Å². The van der Waals surface area contributed by atoms with Crippen LogP contribution in [0.5, 0.6) is 0 Å². The van der Waals surface area contributed by atoms with Crippen LogP contribution in [0.3, 0.4) is 0 Å². The van der Waals surface area contributed by atoms with Gasteiger partial charge in [0.15, 0.2) is 0 Å². The van der Waals surface area contributed by atoms with Gasteiger partial charge in [0.25, 0.3) is 0 Å². The number of nitrogens with zero attached hydrogens (tertiary/aromatic N) is 5. The highest BCUT2D eigenvalue weighted by atomic mass is 79.9. The molecule has 0 aliphatic rings. The van der Waals surface area contributed by atoms with Crippen molar-refractivity contribution in [2.45, 2.75) is 24.9 Å². The molecular weight excluding hydrogens is 652 g/mol. The van der Waals surface area contributed by atoms with E-state index in [0.717, 1.165) is 89.2 Å². The summed E-state index contributed by atoms with van der Waals surface area (Å²) in [6.07, 6.45) is 2.04. The first kappa shape index (κ1) is 47.8. The van der Waals surface area contributed by atoms with Crippen LogP contribution in [-0.2, 0) is 26.6 Å². The topological polar surface area (TPSA) is 83.6 Å². The molecule has 0 saturated carbocycles. The van der Waals surface area contributed by atoms with E-state index >= 15 is 0 Å². The number of likely N-dealkylation sites (N-methyl/N-ethyl adjacent to an activating group) is 6. The number of rotatable bonds is 25. The normalized spacial score (nSPS) is 12.3. The molecule has 0 bridgehead atoms. The Balaban J connectivity index is -0.000000614. The van der Waals surface area contributed by atoms with E-state index in [1.807, 2.05) is 7.05 Å². The minimum Gasteiger partial charge on any atom is -0.377 e. The largest absolute Gasteiger partial charge is 0.500 e. The van der Waals surface area contributed by atoms with Gasteiger partial charge in [-0.05, 0) is 75.8 Å². The second-order valence-corrected chi connectivity index (χ2v) is 18.1. The summed E-state index contributed by atoms with van der Waals surface area (Å²) in [6, 6.07) is 1.72. The maximum atomic E-state index is 5.43. The lowest BCUT2D eigenvalue weighted by Crippen LogP contribution is -2.43. The van der Waals surface area contributed by atoms with Crippen molar-refractivity contribution in [3.63, 3.8) is 0 Å². The van der Waals surface area contributed by atoms with Gasteiger partial charge in [0.05, 0.1) is 0 Å². The summed E-state index contributed by atoms with van der Waals surface area (Å²) in [5.41, 5.74) is 0. The van der Waals surface area contributed by atoms with Crippen LogP contribution in [0.15, 0.2) is 0 Å². The SMILES string of the molecule is CNCCN(C)CCN(C)C.CO[Si](CCCBr)(OC)OC.CO[Si](CCCN(C)CCN(C)CCN(C)C)(OC)OC. The zero-order valence-corrected chi connectivity index (χ0v) is 34.0. The van der Waals surface area contributed by atoms with Gasteiger partial charge in [-0.3, -0.25) is 0 Å². The molecule has 0 aliphatic heterocycles. The number of nitrogens with one attached hydrogen (secondary N) is 1. The molecule has 0 aliphatic carbocycles. The molecule has 43 heavy (non-hydrogen) atoms. The molecule has 264 valence electrons. The van der Waals surface area contributed by atoms with Crippen LogP contribution in [0.1, 0.15) is 12.8 Å². The fraction of sp³-hybridized carbons (Fsp3) is 1.00. The lowest BCUT2D eigenvalue weighted by atomic mass is 10.4. The van der Waals surface area contributed by atoms with E-state index in [0.29, 0.717) is 0 Å². The van der Waals surface area contributed by atoms with E-state index in [-0.39, 0.29) is 0 Å². The summed E-state index contributed by atoms with van der Waals surface area (Å²) < 4.78 is 31.9. The Morgan fingerprint density at radius 1 is 0.488 bits per heavy atom. The van der Waals surface area contributed by atoms with Crippen LogP contribution < -0.4 is 5.32 Å². The molecule has 0 radical (unpaired) electrons. The van der Waals surface area contributed by atoms with Crippen LogP contribution in [0, 0.1) is 0 Å². The van der Waals surface area contributed by atoms with E-state index in [9.17, 15) is 0 Å². The Bertz CT molecular complexity index is 569. The van der Waals surface area contributed by atoms with E-state index in [1.54, 1.807) is 42.7 Å². The van der Waals surface area contributed by atoms with Gasteiger partial charge in [-0.15, -0.1) is 0 Å². The van der Waals surface area contributed by atoms with Crippen molar-refractivity contribution in [2.24, 2.45) is 0 Å². The predicted molar refractivity (Wildman–Crippen MR) is 190 cm³/mol. The fourth-order valence-corrected chi connectivity index (χ4v) is 7.91. The Kier molecular flexibility index (Phi) is 34.5. The van der Waals surface area contributed by atoms with Crippen molar-refractivity contribution in [1.29, 1.82) is 0 Å². The van der Waals surface area contributed by atoms with E-state index in [2.05, 4.69) is 95.1 Å². The monoisotopic (exact) mass is 722 g/mol. The molecule has 0 spiro atoms. The molecule has 12 nitrogen and oxygen atoms in total. The second-order valence-electron chi connectivity index (χ2n) is 11.1. The number of halogens is 1. The highest BCUT2D eigenvalue weighted by molar-refractivity contribution is 9.09. The van der Waals surface area contributed by atoms with Gasteiger partial charge in [0.1, 0.15) is 0 Å². The molecule has 0 saturated heterocycles. The Morgan fingerprint density at radius 3 is 1.14 bits per heavy atom. The summed E-state index contributed by atoms with van der Waals surface area (Å²) in [5.74, 6) is 0. The quantitative estimate of drug-likeness (QED) is 0.111. The van der Waals surface area contributed by atoms with Crippen molar-refractivity contribution >= 4 is 33.5 Å². The molecule has 0 heterocycles. The summed E-state index contributed by atoms with van der Waals surface area (Å²) in [6.45, 7) is 9.89. The zero-order valence-electron chi connectivity index (χ0n) is 30.5. The van der Waals surface area contributed by atoms with Gasteiger partial charge >= 0.3 is 17.6 Å². The molecular formula is C28H71BrN6O6Si2. The van der Waals surface area contributed by atoms with E-state index in [4.69, 9.17) is 26.6 Å². The van der Waals surface area contributed by atoms with Crippen LogP contribution in [0.25, 0.3) is 0 Å². The van der Waals surface area contributed by atoms with Crippen molar-refractivity contribution in [1.82, 2.24) is 29.8 Å². The smallest absolute Gasteiger partial charge is 0.377 e. The standard InChI is InChI=1S/C14H35N3O3Si.C8H21N3.C6H15BrO3Si/c1-15(2)10-11-17(4)13-12-16(3)9-8-14-21(18-5,19-6)20-7;1-9-5-6-11(4)8-7-10(2)3;1-8-11(9-2,10-3)6-4-5-7/h8-14H2,1-7H3;9H,5-8H2,1-4H3;4-6H2,1-3H3. The first-order valence-electron chi connectivity index (χ1n) is 15.2. The summed E-state index contributed by atoms with van der Waals surface area (Å²) in [7, 11) is 22.1. The molecule has 0 unspecified atom stereocenters. The maximum Gasteiger partial charge on any atom is 0.500 e. The van der Waals surface area contributed by atoms with Gasteiger partial charge < -0.3 is 56.4 Å². The van der Waals surface area contributed by atoms with Crippen LogP contribution in [0.2, 0.25) is 12.1 Å². The number of alkyl halides is 1. The first-order chi connectivity index (χ1) is 20.3. The van der Waals surface area contributed by atoms with Gasteiger partial charge in [0, 0.05) is 112 Å². The molecule has 0 aromatic carbocycles. The van der Waals surface area contributed by atoms with Gasteiger partial charge in [-0.2, -0.15) is 0 Å². The summed E-state index contributed by atoms with van der Waals surface area (Å²) in [4.78, 5) is 11.5. The van der Waals surface area contributed by atoms with Crippen LogP contribution in [-0.4, -0.2) is 205 Å². The molecule has 0 aromatic heterocycles. The van der Waals surface area contributed by atoms with Crippen LogP contribution in [0.4, 0.5) is 0 Å².